The van der Waals surface area contributed by atoms with Crippen LogP contribution in [-0.2, 0) is 27.2 Å². The van der Waals surface area contributed by atoms with Crippen LogP contribution in [0.3, 0.4) is 0 Å². The second kappa shape index (κ2) is 6.60. The first-order valence-corrected chi connectivity index (χ1v) is 7.60. The largest absolute Gasteiger partial charge is 0.282 e. The molecule has 4 nitrogen and oxygen atoms in total. The van der Waals surface area contributed by atoms with Crippen molar-refractivity contribution in [3.05, 3.63) is 71.5 Å². The molecule has 0 aliphatic rings. The van der Waals surface area contributed by atoms with Crippen molar-refractivity contribution in [3.63, 3.8) is 0 Å². The average molecular weight is 295 g/mol. The molecule has 0 amide bonds. The van der Waals surface area contributed by atoms with Gasteiger partial charge in [0.15, 0.2) is 0 Å². The molecule has 0 bridgehead atoms. The standard InChI is InChI=1S/C14H14FNO3S/c15-14-8-6-13(7-9-14)11-20(17,18)16-19-10-12-4-2-1-3-5-12/h1-9,16H,10-11H2. The van der Waals surface area contributed by atoms with E-state index in [1.54, 1.807) is 0 Å². The molecule has 0 aliphatic heterocycles. The maximum atomic E-state index is 12.7. The van der Waals surface area contributed by atoms with Crippen molar-refractivity contribution in [3.8, 4) is 0 Å². The van der Waals surface area contributed by atoms with Crippen molar-refractivity contribution < 1.29 is 17.6 Å². The highest BCUT2D eigenvalue weighted by molar-refractivity contribution is 7.88. The van der Waals surface area contributed by atoms with Gasteiger partial charge in [0.1, 0.15) is 5.82 Å². The monoisotopic (exact) mass is 295 g/mol. The zero-order valence-electron chi connectivity index (χ0n) is 10.6. The lowest BCUT2D eigenvalue weighted by molar-refractivity contribution is 0.0794. The summed E-state index contributed by atoms with van der Waals surface area (Å²) in [6, 6.07) is 14.5. The fourth-order valence-electron chi connectivity index (χ4n) is 1.61. The number of hydrogen-bond donors (Lipinski definition) is 1. The van der Waals surface area contributed by atoms with Crippen LogP contribution in [0.25, 0.3) is 0 Å². The summed E-state index contributed by atoms with van der Waals surface area (Å²) in [7, 11) is -3.61. The SMILES string of the molecule is O=S(=O)(Cc1ccc(F)cc1)NOCc1ccccc1. The Morgan fingerprint density at radius 3 is 2.25 bits per heavy atom. The first-order valence-electron chi connectivity index (χ1n) is 5.95. The Morgan fingerprint density at radius 1 is 0.950 bits per heavy atom. The summed E-state index contributed by atoms with van der Waals surface area (Å²) in [5.41, 5.74) is 1.35. The molecule has 0 aliphatic carbocycles. The van der Waals surface area contributed by atoms with E-state index in [1.807, 2.05) is 35.2 Å². The number of rotatable bonds is 6. The van der Waals surface area contributed by atoms with Gasteiger partial charge in [0.25, 0.3) is 0 Å². The van der Waals surface area contributed by atoms with E-state index in [2.05, 4.69) is 0 Å². The molecule has 6 heteroatoms. The lowest BCUT2D eigenvalue weighted by Crippen LogP contribution is -2.25. The maximum Gasteiger partial charge on any atom is 0.237 e. The predicted octanol–water partition coefficient (Wildman–Crippen LogP) is 2.38. The molecule has 2 aromatic carbocycles. The number of hydrogen-bond acceptors (Lipinski definition) is 3. The van der Waals surface area contributed by atoms with Gasteiger partial charge in [-0.15, -0.1) is 0 Å². The summed E-state index contributed by atoms with van der Waals surface area (Å²) in [5.74, 6) is -0.665. The molecule has 0 saturated heterocycles. The summed E-state index contributed by atoms with van der Waals surface area (Å²) in [4.78, 5) is 7.02. The third-order valence-corrected chi connectivity index (χ3v) is 3.62. The Hall–Kier alpha value is -1.76. The molecule has 2 rings (SSSR count). The topological polar surface area (TPSA) is 55.4 Å². The summed E-state index contributed by atoms with van der Waals surface area (Å²) in [6.45, 7) is 0.142. The van der Waals surface area contributed by atoms with Crippen molar-refractivity contribution in [1.82, 2.24) is 4.89 Å². The van der Waals surface area contributed by atoms with E-state index in [0.29, 0.717) is 5.56 Å². The molecule has 0 heterocycles. The molecule has 20 heavy (non-hydrogen) atoms. The molecule has 1 N–H and O–H groups in total. The highest BCUT2D eigenvalue weighted by Crippen LogP contribution is 2.07. The van der Waals surface area contributed by atoms with Gasteiger partial charge >= 0.3 is 0 Å². The molecule has 0 unspecified atom stereocenters. The third-order valence-electron chi connectivity index (χ3n) is 2.54. The number of sulfonamides is 1. The molecule has 0 saturated carbocycles. The fourth-order valence-corrected chi connectivity index (χ4v) is 2.54. The highest BCUT2D eigenvalue weighted by Gasteiger charge is 2.11. The van der Waals surface area contributed by atoms with Gasteiger partial charge in [0.05, 0.1) is 12.4 Å². The van der Waals surface area contributed by atoms with Crippen molar-refractivity contribution in [2.24, 2.45) is 0 Å². The first kappa shape index (κ1) is 14.6. The van der Waals surface area contributed by atoms with Crippen LogP contribution < -0.4 is 4.89 Å². The van der Waals surface area contributed by atoms with E-state index in [0.717, 1.165) is 5.56 Å². The van der Waals surface area contributed by atoms with Crippen LogP contribution in [0.5, 0.6) is 0 Å². The Kier molecular flexibility index (Phi) is 4.84. The minimum Gasteiger partial charge on any atom is -0.282 e. The lowest BCUT2D eigenvalue weighted by Gasteiger charge is -2.07. The van der Waals surface area contributed by atoms with Crippen LogP contribution in [0.15, 0.2) is 54.6 Å². The van der Waals surface area contributed by atoms with Gasteiger partial charge in [-0.1, -0.05) is 47.3 Å². The van der Waals surface area contributed by atoms with Crippen molar-refractivity contribution in [2.45, 2.75) is 12.4 Å². The molecule has 0 fully saturated rings. The number of nitrogens with one attached hydrogen (secondary N) is 1. The average Bonchev–Trinajstić information content (AvgIpc) is 2.42. The Labute approximate surface area is 117 Å². The highest BCUT2D eigenvalue weighted by atomic mass is 32.2. The molecular weight excluding hydrogens is 281 g/mol. The Balaban J connectivity index is 1.86. The quantitative estimate of drug-likeness (QED) is 0.832. The van der Waals surface area contributed by atoms with Crippen LogP contribution in [0.1, 0.15) is 11.1 Å². The van der Waals surface area contributed by atoms with Gasteiger partial charge in [0.2, 0.25) is 10.0 Å². The fraction of sp³-hybridized carbons (Fsp3) is 0.143. The van der Waals surface area contributed by atoms with Crippen LogP contribution >= 0.6 is 0 Å². The molecule has 0 radical (unpaired) electrons. The van der Waals surface area contributed by atoms with E-state index in [4.69, 9.17) is 4.84 Å². The van der Waals surface area contributed by atoms with E-state index in [9.17, 15) is 12.8 Å². The van der Waals surface area contributed by atoms with Crippen molar-refractivity contribution >= 4 is 10.0 Å². The van der Waals surface area contributed by atoms with Crippen LogP contribution in [0.2, 0.25) is 0 Å². The Bertz CT molecular complexity index is 642. The lowest BCUT2D eigenvalue weighted by atomic mass is 10.2. The van der Waals surface area contributed by atoms with Crippen molar-refractivity contribution in [1.29, 1.82) is 0 Å². The zero-order valence-corrected chi connectivity index (χ0v) is 11.4. The van der Waals surface area contributed by atoms with E-state index in [1.165, 1.54) is 24.3 Å². The summed E-state index contributed by atoms with van der Waals surface area (Å²) >= 11 is 0. The molecule has 2 aromatic rings. The minimum absolute atomic E-state index is 0.142. The Morgan fingerprint density at radius 2 is 1.60 bits per heavy atom. The number of halogens is 1. The van der Waals surface area contributed by atoms with Gasteiger partial charge in [-0.25, -0.2) is 12.8 Å². The van der Waals surface area contributed by atoms with Crippen LogP contribution in [-0.4, -0.2) is 8.42 Å². The van der Waals surface area contributed by atoms with E-state index in [-0.39, 0.29) is 12.4 Å². The van der Waals surface area contributed by atoms with Gasteiger partial charge in [-0.2, -0.15) is 0 Å². The van der Waals surface area contributed by atoms with Crippen LogP contribution in [0, 0.1) is 5.82 Å². The van der Waals surface area contributed by atoms with Gasteiger partial charge < -0.3 is 0 Å². The predicted molar refractivity (Wildman–Crippen MR) is 73.4 cm³/mol. The normalized spacial score (nSPS) is 11.4. The molecule has 106 valence electrons. The van der Waals surface area contributed by atoms with E-state index >= 15 is 0 Å². The molecular formula is C14H14FNO3S. The minimum atomic E-state index is -3.61. The van der Waals surface area contributed by atoms with Crippen LogP contribution in [0.4, 0.5) is 4.39 Å². The molecule has 0 aromatic heterocycles. The smallest absolute Gasteiger partial charge is 0.237 e. The maximum absolute atomic E-state index is 12.7. The van der Waals surface area contributed by atoms with Gasteiger partial charge in [0, 0.05) is 0 Å². The number of benzene rings is 2. The second-order valence-corrected chi connectivity index (χ2v) is 5.93. The van der Waals surface area contributed by atoms with Gasteiger partial charge in [-0.05, 0) is 23.3 Å². The molecule has 0 atom stereocenters. The first-order chi connectivity index (χ1) is 9.55. The van der Waals surface area contributed by atoms with E-state index < -0.39 is 15.8 Å². The zero-order chi connectivity index (χ0) is 14.4. The summed E-state index contributed by atoms with van der Waals surface area (Å²) in [5, 5.41) is 0. The van der Waals surface area contributed by atoms with Crippen molar-refractivity contribution in [2.75, 3.05) is 0 Å². The third kappa shape index (κ3) is 4.73. The van der Waals surface area contributed by atoms with Gasteiger partial charge in [-0.3, -0.25) is 4.84 Å². The summed E-state index contributed by atoms with van der Waals surface area (Å²) < 4.78 is 36.2. The second-order valence-electron chi connectivity index (χ2n) is 4.24. The summed E-state index contributed by atoms with van der Waals surface area (Å²) in [6.07, 6.45) is 0. The molecule has 0 spiro atoms.